The van der Waals surface area contributed by atoms with E-state index in [9.17, 15) is 0 Å². The van der Waals surface area contributed by atoms with Crippen molar-refractivity contribution >= 4 is 53.0 Å². The number of phosphoric acid groups is 3. The largest absolute Gasteiger partial charge is 0.466 e. The molecule has 0 bridgehead atoms. The lowest BCUT2D eigenvalue weighted by Gasteiger charge is -2.01. The molecular formula is C12H27ClN4O13P3S+. The van der Waals surface area contributed by atoms with E-state index in [4.69, 9.17) is 68.6 Å². The van der Waals surface area contributed by atoms with E-state index >= 15 is 0 Å². The zero-order valence-electron chi connectivity index (χ0n) is 17.6. The van der Waals surface area contributed by atoms with Crippen molar-refractivity contribution in [3.05, 3.63) is 33.7 Å². The van der Waals surface area contributed by atoms with Crippen LogP contribution in [0.25, 0.3) is 0 Å². The van der Waals surface area contributed by atoms with Crippen molar-refractivity contribution in [1.29, 1.82) is 0 Å². The van der Waals surface area contributed by atoms with Crippen LogP contribution in [0.2, 0.25) is 0 Å². The zero-order chi connectivity index (χ0) is 26.6. The minimum absolute atomic E-state index is 0. The Morgan fingerprint density at radius 1 is 0.941 bits per heavy atom. The van der Waals surface area contributed by atoms with E-state index < -0.39 is 23.5 Å². The molecule has 2 aromatic rings. The van der Waals surface area contributed by atoms with Crippen LogP contribution in [-0.2, 0) is 26.7 Å². The van der Waals surface area contributed by atoms with Gasteiger partial charge in [0.25, 0.3) is 0 Å². The quantitative estimate of drug-likeness (QED) is 0.138. The van der Waals surface area contributed by atoms with Gasteiger partial charge in [0.2, 0.25) is 5.51 Å². The molecule has 0 fully saturated rings. The highest BCUT2D eigenvalue weighted by molar-refractivity contribution is 7.45. The molecule has 0 unspecified atom stereocenters. The molecule has 0 amide bonds. The van der Waals surface area contributed by atoms with Gasteiger partial charge in [0.05, 0.1) is 10.4 Å². The first-order chi connectivity index (χ1) is 14.6. The third kappa shape index (κ3) is 27.3. The number of thiazole rings is 1. The summed E-state index contributed by atoms with van der Waals surface area (Å²) in [6, 6.07) is 0. The van der Waals surface area contributed by atoms with Crippen molar-refractivity contribution in [3.8, 4) is 0 Å². The van der Waals surface area contributed by atoms with E-state index in [-0.39, 0.29) is 19.0 Å². The first-order valence-corrected chi connectivity index (χ1v) is 13.7. The lowest BCUT2D eigenvalue weighted by atomic mass is 10.2. The average molecular weight is 596 g/mol. The summed E-state index contributed by atoms with van der Waals surface area (Å²) in [5, 5.41) is 8.98. The number of aromatic nitrogens is 3. The van der Waals surface area contributed by atoms with Crippen LogP contribution in [0.3, 0.4) is 0 Å². The summed E-state index contributed by atoms with van der Waals surface area (Å²) in [7, 11) is -13.9. The van der Waals surface area contributed by atoms with Gasteiger partial charge in [0, 0.05) is 26.1 Å². The molecule has 22 heteroatoms. The standard InChI is InChI=1S/C12H17N4OS.ClH.3H3O4P/c1-8-11(3-4-17)18-7-16(8)6-10-5-14-9(2)15-12(10)13;;3*1-5(2,3)4/h5,7,17H,3-4,6H2,1-2H3,(H2,13,14,15);1H;3*(H3,1,2,3,4)/q+1;;;;. The summed E-state index contributed by atoms with van der Waals surface area (Å²) in [6.07, 6.45) is 2.47. The second kappa shape index (κ2) is 16.7. The Labute approximate surface area is 203 Å². The maximum atomic E-state index is 8.98. The van der Waals surface area contributed by atoms with Crippen LogP contribution in [0.1, 0.15) is 22.0 Å². The summed E-state index contributed by atoms with van der Waals surface area (Å²) in [5.74, 6) is 1.22. The Morgan fingerprint density at radius 3 is 1.71 bits per heavy atom. The molecule has 0 aromatic carbocycles. The van der Waals surface area contributed by atoms with Crippen molar-refractivity contribution in [2.45, 2.75) is 26.8 Å². The van der Waals surface area contributed by atoms with Gasteiger partial charge in [-0.25, -0.2) is 23.7 Å². The lowest BCUT2D eigenvalue weighted by molar-refractivity contribution is -0.689. The highest BCUT2D eigenvalue weighted by atomic mass is 35.5. The Kier molecular flexibility index (Phi) is 18.5. The van der Waals surface area contributed by atoms with Crippen LogP contribution in [0, 0.1) is 13.8 Å². The first-order valence-electron chi connectivity index (χ1n) is 8.12. The maximum absolute atomic E-state index is 8.98. The van der Waals surface area contributed by atoms with Crippen LogP contribution >= 0.6 is 47.2 Å². The van der Waals surface area contributed by atoms with E-state index in [1.165, 1.54) is 4.88 Å². The first kappa shape index (κ1) is 37.6. The maximum Gasteiger partial charge on any atom is 0.466 e. The molecule has 34 heavy (non-hydrogen) atoms. The highest BCUT2D eigenvalue weighted by Gasteiger charge is 2.17. The van der Waals surface area contributed by atoms with Crippen LogP contribution < -0.4 is 10.3 Å². The molecule has 0 aliphatic heterocycles. The fourth-order valence-corrected chi connectivity index (χ4v) is 2.75. The number of hydrogen-bond donors (Lipinski definition) is 11. The van der Waals surface area contributed by atoms with Gasteiger partial charge in [-0.2, -0.15) is 4.57 Å². The highest BCUT2D eigenvalue weighted by Crippen LogP contribution is 2.26. The Hall–Kier alpha value is -0.910. The normalized spacial score (nSPS) is 10.9. The van der Waals surface area contributed by atoms with Crippen molar-refractivity contribution in [2.75, 3.05) is 12.3 Å². The topological polar surface area (TPSA) is 309 Å². The summed E-state index contributed by atoms with van der Waals surface area (Å²) in [4.78, 5) is 74.2. The molecule has 12 N–H and O–H groups in total. The van der Waals surface area contributed by atoms with Crippen molar-refractivity contribution in [3.63, 3.8) is 0 Å². The fraction of sp³-hybridized carbons (Fsp3) is 0.417. The number of rotatable bonds is 4. The Morgan fingerprint density at radius 2 is 1.35 bits per heavy atom. The second-order valence-corrected chi connectivity index (χ2v) is 9.72. The molecule has 2 heterocycles. The van der Waals surface area contributed by atoms with Gasteiger partial charge in [0.1, 0.15) is 11.6 Å². The molecule has 17 nitrogen and oxygen atoms in total. The van der Waals surface area contributed by atoms with Gasteiger partial charge in [0.15, 0.2) is 12.2 Å². The fourth-order valence-electron chi connectivity index (χ4n) is 1.77. The zero-order valence-corrected chi connectivity index (χ0v) is 21.9. The molecule has 0 atom stereocenters. The smallest absolute Gasteiger partial charge is 0.396 e. The van der Waals surface area contributed by atoms with Crippen molar-refractivity contribution in [2.24, 2.45) is 0 Å². The number of nitrogen functional groups attached to an aromatic ring is 1. The van der Waals surface area contributed by atoms with Gasteiger partial charge >= 0.3 is 23.5 Å². The van der Waals surface area contributed by atoms with E-state index in [0.717, 1.165) is 11.3 Å². The van der Waals surface area contributed by atoms with E-state index in [1.54, 1.807) is 17.5 Å². The van der Waals surface area contributed by atoms with Crippen LogP contribution in [0.5, 0.6) is 0 Å². The Bertz CT molecular complexity index is 937. The monoisotopic (exact) mass is 595 g/mol. The molecule has 0 aliphatic carbocycles. The SMILES string of the molecule is Cc1ncc(C[n+]2csc(CCO)c2C)c(N)n1.Cl.O=P(O)(O)O.O=P(O)(O)O.O=P(O)(O)O. The molecule has 2 rings (SSSR count). The number of hydrogen-bond acceptors (Lipinski definition) is 8. The summed E-state index contributed by atoms with van der Waals surface area (Å²) < 4.78 is 28.8. The molecular weight excluding hydrogens is 569 g/mol. The van der Waals surface area contributed by atoms with Gasteiger partial charge < -0.3 is 54.9 Å². The van der Waals surface area contributed by atoms with E-state index in [1.807, 2.05) is 19.4 Å². The molecule has 2 aromatic heterocycles. The Balaban J connectivity index is -0.000000496. The van der Waals surface area contributed by atoms with Crippen LogP contribution in [0.15, 0.2) is 11.7 Å². The van der Waals surface area contributed by atoms with E-state index in [0.29, 0.717) is 24.6 Å². The van der Waals surface area contributed by atoms with Gasteiger partial charge in [-0.3, -0.25) is 0 Å². The number of aliphatic hydroxyl groups excluding tert-OH is 1. The summed E-state index contributed by atoms with van der Waals surface area (Å²) >= 11 is 1.65. The third-order valence-electron chi connectivity index (χ3n) is 2.85. The molecule has 200 valence electrons. The van der Waals surface area contributed by atoms with Crippen molar-refractivity contribution in [1.82, 2.24) is 9.97 Å². The predicted octanol–water partition coefficient (Wildman–Crippen LogP) is -1.76. The van der Waals surface area contributed by atoms with Gasteiger partial charge in [-0.05, 0) is 6.92 Å². The van der Waals surface area contributed by atoms with Crippen LogP contribution in [-0.4, -0.2) is 65.7 Å². The number of nitrogens with two attached hydrogens (primary N) is 1. The predicted molar refractivity (Wildman–Crippen MR) is 120 cm³/mol. The van der Waals surface area contributed by atoms with Crippen LogP contribution in [0.4, 0.5) is 5.82 Å². The van der Waals surface area contributed by atoms with Gasteiger partial charge in [-0.1, -0.05) is 11.3 Å². The average Bonchev–Trinajstić information content (AvgIpc) is 2.86. The number of aliphatic hydroxyl groups is 1. The number of aryl methyl sites for hydroxylation is 1. The second-order valence-electron chi connectivity index (χ2n) is 5.70. The summed E-state index contributed by atoms with van der Waals surface area (Å²) in [5.41, 5.74) is 10.0. The molecule has 0 radical (unpaired) electrons. The third-order valence-corrected chi connectivity index (χ3v) is 4.00. The lowest BCUT2D eigenvalue weighted by Crippen LogP contribution is -2.35. The molecule has 0 aliphatic rings. The minimum atomic E-state index is -4.64. The van der Waals surface area contributed by atoms with Crippen molar-refractivity contribution < 1.29 is 67.4 Å². The molecule has 0 spiro atoms. The number of halogens is 1. The number of nitrogens with zero attached hydrogens (tertiary/aromatic N) is 3. The van der Waals surface area contributed by atoms with E-state index in [2.05, 4.69) is 14.5 Å². The molecule has 0 saturated carbocycles. The number of anilines is 1. The van der Waals surface area contributed by atoms with Gasteiger partial charge in [-0.15, -0.1) is 12.4 Å². The minimum Gasteiger partial charge on any atom is -0.396 e. The summed E-state index contributed by atoms with van der Waals surface area (Å²) in [6.45, 7) is 4.71. The molecule has 0 saturated heterocycles.